The fourth-order valence-corrected chi connectivity index (χ4v) is 3.58. The van der Waals surface area contributed by atoms with Crippen LogP contribution in [-0.2, 0) is 0 Å². The summed E-state index contributed by atoms with van der Waals surface area (Å²) in [6.07, 6.45) is 7.85. The number of nitrogens with zero attached hydrogens (tertiary/aromatic N) is 4. The van der Waals surface area contributed by atoms with Gasteiger partial charge in [0.2, 0.25) is 0 Å². The van der Waals surface area contributed by atoms with E-state index in [4.69, 9.17) is 9.47 Å². The lowest BCUT2D eigenvalue weighted by Gasteiger charge is -2.39. The lowest BCUT2D eigenvalue weighted by molar-refractivity contribution is 0.188. The van der Waals surface area contributed by atoms with Crippen molar-refractivity contribution in [1.82, 2.24) is 19.8 Å². The average Bonchev–Trinajstić information content (AvgIpc) is 3.26. The SMILES string of the molecule is CN=C(NCCCOc1cccc(OC)c1)N1CCC(C)C(n2ccnc2)C1.I. The van der Waals surface area contributed by atoms with E-state index < -0.39 is 0 Å². The lowest BCUT2D eigenvalue weighted by atomic mass is 9.93. The van der Waals surface area contributed by atoms with E-state index in [-0.39, 0.29) is 24.0 Å². The van der Waals surface area contributed by atoms with Gasteiger partial charge in [0, 0.05) is 45.1 Å². The molecule has 1 aliphatic heterocycles. The number of aliphatic imine (C=N–C) groups is 1. The van der Waals surface area contributed by atoms with Crippen LogP contribution in [0.4, 0.5) is 0 Å². The van der Waals surface area contributed by atoms with Crippen LogP contribution in [0.25, 0.3) is 0 Å². The van der Waals surface area contributed by atoms with Gasteiger partial charge in [-0.3, -0.25) is 4.99 Å². The van der Waals surface area contributed by atoms with Crippen LogP contribution in [0.3, 0.4) is 0 Å². The van der Waals surface area contributed by atoms with Crippen molar-refractivity contribution in [3.05, 3.63) is 43.0 Å². The Labute approximate surface area is 190 Å². The molecule has 7 nitrogen and oxygen atoms in total. The van der Waals surface area contributed by atoms with E-state index >= 15 is 0 Å². The highest BCUT2D eigenvalue weighted by Crippen LogP contribution is 2.27. The molecule has 1 aliphatic rings. The van der Waals surface area contributed by atoms with Gasteiger partial charge in [-0.2, -0.15) is 0 Å². The maximum absolute atomic E-state index is 5.81. The number of benzene rings is 1. The molecule has 0 spiro atoms. The van der Waals surface area contributed by atoms with Crippen molar-refractivity contribution in [3.8, 4) is 11.5 Å². The summed E-state index contributed by atoms with van der Waals surface area (Å²) >= 11 is 0. The topological polar surface area (TPSA) is 63.9 Å². The number of likely N-dealkylation sites (tertiary alicyclic amines) is 1. The largest absolute Gasteiger partial charge is 0.497 e. The number of piperidine rings is 1. The van der Waals surface area contributed by atoms with Crippen LogP contribution in [-0.4, -0.2) is 60.8 Å². The Bertz CT molecular complexity index is 753. The fraction of sp³-hybridized carbons (Fsp3) is 0.524. The molecule has 1 N–H and O–H groups in total. The number of methoxy groups -OCH3 is 1. The summed E-state index contributed by atoms with van der Waals surface area (Å²) in [6.45, 7) is 5.74. The second-order valence-corrected chi connectivity index (χ2v) is 7.14. The highest BCUT2D eigenvalue weighted by molar-refractivity contribution is 14.0. The van der Waals surface area contributed by atoms with Gasteiger partial charge in [0.25, 0.3) is 0 Å². The number of ether oxygens (including phenoxy) is 2. The summed E-state index contributed by atoms with van der Waals surface area (Å²) in [7, 11) is 3.51. The summed E-state index contributed by atoms with van der Waals surface area (Å²) in [6, 6.07) is 8.11. The molecule has 1 aromatic carbocycles. The number of hydrogen-bond acceptors (Lipinski definition) is 4. The van der Waals surface area contributed by atoms with Gasteiger partial charge in [-0.1, -0.05) is 13.0 Å². The van der Waals surface area contributed by atoms with Crippen molar-refractivity contribution in [2.75, 3.05) is 40.4 Å². The molecule has 0 aliphatic carbocycles. The molecule has 8 heteroatoms. The summed E-state index contributed by atoms with van der Waals surface area (Å²) < 4.78 is 13.2. The zero-order chi connectivity index (χ0) is 19.8. The third kappa shape index (κ3) is 6.52. The Morgan fingerprint density at radius 1 is 1.34 bits per heavy atom. The molecule has 2 unspecified atom stereocenters. The first-order chi connectivity index (χ1) is 13.7. The third-order valence-electron chi connectivity index (χ3n) is 5.25. The molecule has 0 amide bonds. The first-order valence-electron chi connectivity index (χ1n) is 9.91. The van der Waals surface area contributed by atoms with E-state index in [1.54, 1.807) is 7.11 Å². The first kappa shape index (κ1) is 23.3. The summed E-state index contributed by atoms with van der Waals surface area (Å²) in [5, 5.41) is 3.47. The van der Waals surface area contributed by atoms with E-state index in [9.17, 15) is 0 Å². The molecular formula is C21H32IN5O2. The quantitative estimate of drug-likeness (QED) is 0.266. The highest BCUT2D eigenvalue weighted by atomic mass is 127. The minimum Gasteiger partial charge on any atom is -0.497 e. The maximum Gasteiger partial charge on any atom is 0.193 e. The third-order valence-corrected chi connectivity index (χ3v) is 5.25. The first-order valence-corrected chi connectivity index (χ1v) is 9.91. The number of hydrogen-bond donors (Lipinski definition) is 1. The Balaban J connectivity index is 0.00000300. The molecule has 1 aromatic heterocycles. The van der Waals surface area contributed by atoms with Crippen molar-refractivity contribution in [3.63, 3.8) is 0 Å². The van der Waals surface area contributed by atoms with Gasteiger partial charge in [-0.15, -0.1) is 24.0 Å². The molecule has 1 saturated heterocycles. The zero-order valence-corrected chi connectivity index (χ0v) is 19.8. The van der Waals surface area contributed by atoms with Crippen LogP contribution in [0.15, 0.2) is 48.0 Å². The van der Waals surface area contributed by atoms with Gasteiger partial charge in [-0.25, -0.2) is 4.98 Å². The van der Waals surface area contributed by atoms with E-state index in [0.717, 1.165) is 49.9 Å². The minimum atomic E-state index is 0. The number of aromatic nitrogens is 2. The Kier molecular flexibility index (Phi) is 9.56. The van der Waals surface area contributed by atoms with Gasteiger partial charge in [0.05, 0.1) is 26.1 Å². The summed E-state index contributed by atoms with van der Waals surface area (Å²) in [5.74, 6) is 3.22. The lowest BCUT2D eigenvalue weighted by Crippen LogP contribution is -2.49. The Hall–Kier alpha value is -1.97. The normalized spacial score (nSPS) is 19.4. The number of guanidine groups is 1. The number of rotatable bonds is 7. The van der Waals surface area contributed by atoms with Gasteiger partial charge >= 0.3 is 0 Å². The fourth-order valence-electron chi connectivity index (χ4n) is 3.58. The standard InChI is InChI=1S/C21H31N5O2.HI/c1-17-8-11-25(15-20(17)26-12-10-23-16-26)21(22-2)24-9-5-13-28-19-7-4-6-18(14-19)27-3;/h4,6-7,10,12,14,16-17,20H,5,8-9,11,13,15H2,1-3H3,(H,22,24);1H. The van der Waals surface area contributed by atoms with Crippen molar-refractivity contribution in [1.29, 1.82) is 0 Å². The highest BCUT2D eigenvalue weighted by Gasteiger charge is 2.28. The van der Waals surface area contributed by atoms with E-state index in [2.05, 4.69) is 37.9 Å². The molecule has 0 saturated carbocycles. The average molecular weight is 513 g/mol. The molecule has 2 heterocycles. The molecule has 3 rings (SSSR count). The molecule has 2 aromatic rings. The van der Waals surface area contributed by atoms with Crippen LogP contribution in [0.5, 0.6) is 11.5 Å². The van der Waals surface area contributed by atoms with Gasteiger partial charge in [0.1, 0.15) is 11.5 Å². The van der Waals surface area contributed by atoms with Crippen LogP contribution in [0, 0.1) is 5.92 Å². The second kappa shape index (κ2) is 11.9. The smallest absolute Gasteiger partial charge is 0.193 e. The number of nitrogens with one attached hydrogen (secondary N) is 1. The molecule has 0 radical (unpaired) electrons. The monoisotopic (exact) mass is 513 g/mol. The second-order valence-electron chi connectivity index (χ2n) is 7.14. The predicted molar refractivity (Wildman–Crippen MR) is 127 cm³/mol. The van der Waals surface area contributed by atoms with Crippen molar-refractivity contribution in [2.24, 2.45) is 10.9 Å². The Morgan fingerprint density at radius 2 is 2.17 bits per heavy atom. The van der Waals surface area contributed by atoms with Crippen LogP contribution in [0.1, 0.15) is 25.8 Å². The molecular weight excluding hydrogens is 481 g/mol. The summed E-state index contributed by atoms with van der Waals surface area (Å²) in [4.78, 5) is 11.0. The molecule has 160 valence electrons. The van der Waals surface area contributed by atoms with E-state index in [0.29, 0.717) is 18.6 Å². The predicted octanol–water partition coefficient (Wildman–Crippen LogP) is 3.44. The summed E-state index contributed by atoms with van der Waals surface area (Å²) in [5.41, 5.74) is 0. The van der Waals surface area contributed by atoms with Gasteiger partial charge in [0.15, 0.2) is 5.96 Å². The number of halogens is 1. The van der Waals surface area contributed by atoms with E-state index in [1.807, 2.05) is 43.8 Å². The van der Waals surface area contributed by atoms with Crippen molar-refractivity contribution >= 4 is 29.9 Å². The maximum atomic E-state index is 5.81. The molecule has 1 fully saturated rings. The van der Waals surface area contributed by atoms with Crippen molar-refractivity contribution in [2.45, 2.75) is 25.8 Å². The van der Waals surface area contributed by atoms with Crippen LogP contribution >= 0.6 is 24.0 Å². The van der Waals surface area contributed by atoms with Gasteiger partial charge < -0.3 is 24.3 Å². The molecule has 0 bridgehead atoms. The molecule has 29 heavy (non-hydrogen) atoms. The van der Waals surface area contributed by atoms with Crippen LogP contribution in [0.2, 0.25) is 0 Å². The van der Waals surface area contributed by atoms with Gasteiger partial charge in [-0.05, 0) is 30.9 Å². The van der Waals surface area contributed by atoms with Crippen molar-refractivity contribution < 1.29 is 9.47 Å². The Morgan fingerprint density at radius 3 is 2.90 bits per heavy atom. The molecule has 2 atom stereocenters. The zero-order valence-electron chi connectivity index (χ0n) is 17.5. The van der Waals surface area contributed by atoms with E-state index in [1.165, 1.54) is 0 Å². The minimum absolute atomic E-state index is 0. The number of imidazole rings is 1. The van der Waals surface area contributed by atoms with Crippen LogP contribution < -0.4 is 14.8 Å².